The molecule has 29 heavy (non-hydrogen) atoms. The summed E-state index contributed by atoms with van der Waals surface area (Å²) in [5, 5.41) is 13.3. The van der Waals surface area contributed by atoms with E-state index in [4.69, 9.17) is 5.11 Å². The van der Waals surface area contributed by atoms with Crippen molar-refractivity contribution in [2.75, 3.05) is 37.7 Å². The molecule has 154 valence electrons. The summed E-state index contributed by atoms with van der Waals surface area (Å²) < 4.78 is 15.4. The van der Waals surface area contributed by atoms with Crippen molar-refractivity contribution in [1.82, 2.24) is 24.6 Å². The van der Waals surface area contributed by atoms with Crippen LogP contribution < -0.4 is 4.90 Å². The molecule has 0 aliphatic carbocycles. The number of nitrogens with zero attached hydrogens (tertiary/aromatic N) is 6. The van der Waals surface area contributed by atoms with Gasteiger partial charge in [-0.1, -0.05) is 12.1 Å². The van der Waals surface area contributed by atoms with E-state index in [9.17, 15) is 4.39 Å². The van der Waals surface area contributed by atoms with E-state index < -0.39 is 0 Å². The van der Waals surface area contributed by atoms with E-state index >= 15 is 0 Å². The van der Waals surface area contributed by atoms with Gasteiger partial charge in [0.15, 0.2) is 5.82 Å². The second-order valence-corrected chi connectivity index (χ2v) is 6.84. The number of anilines is 1. The van der Waals surface area contributed by atoms with Gasteiger partial charge in [0.1, 0.15) is 11.5 Å². The third-order valence-corrected chi connectivity index (χ3v) is 4.87. The van der Waals surface area contributed by atoms with Gasteiger partial charge in [-0.05, 0) is 12.1 Å². The average molecular weight is 419 g/mol. The lowest BCUT2D eigenvalue weighted by atomic mass is 10.1. The molecular weight excluding hydrogens is 395 g/mol. The Morgan fingerprint density at radius 3 is 2.62 bits per heavy atom. The van der Waals surface area contributed by atoms with Crippen LogP contribution in [0.5, 0.6) is 0 Å². The number of benzene rings is 1. The molecule has 4 rings (SSSR count). The van der Waals surface area contributed by atoms with Crippen LogP contribution in [0.1, 0.15) is 5.56 Å². The van der Waals surface area contributed by atoms with Crippen LogP contribution in [0.25, 0.3) is 11.3 Å². The second-order valence-electron chi connectivity index (χ2n) is 6.84. The van der Waals surface area contributed by atoms with Crippen LogP contribution in [-0.2, 0) is 13.1 Å². The van der Waals surface area contributed by atoms with Crippen LogP contribution in [0.15, 0.2) is 49.1 Å². The first-order valence-corrected chi connectivity index (χ1v) is 9.39. The molecule has 1 aliphatic rings. The maximum absolute atomic E-state index is 13.6. The van der Waals surface area contributed by atoms with Crippen molar-refractivity contribution >= 4 is 18.2 Å². The maximum atomic E-state index is 13.6. The van der Waals surface area contributed by atoms with Gasteiger partial charge < -0.3 is 10.0 Å². The zero-order valence-corrected chi connectivity index (χ0v) is 16.8. The zero-order chi connectivity index (χ0) is 19.3. The molecule has 0 amide bonds. The fraction of sp³-hybridized carbons (Fsp3) is 0.350. The quantitative estimate of drug-likeness (QED) is 0.662. The molecule has 1 N–H and O–H groups in total. The summed E-state index contributed by atoms with van der Waals surface area (Å²) >= 11 is 0. The normalized spacial score (nSPS) is 14.6. The fourth-order valence-electron chi connectivity index (χ4n) is 3.49. The first-order valence-electron chi connectivity index (χ1n) is 9.39. The number of hydrogen-bond acceptors (Lipinski definition) is 6. The molecule has 1 fully saturated rings. The summed E-state index contributed by atoms with van der Waals surface area (Å²) in [6, 6.07) is 6.48. The van der Waals surface area contributed by atoms with Crippen LogP contribution in [0.2, 0.25) is 0 Å². The number of hydrogen-bond donors (Lipinski definition) is 1. The Kier molecular flexibility index (Phi) is 7.13. The van der Waals surface area contributed by atoms with Crippen molar-refractivity contribution in [3.8, 4) is 11.3 Å². The molecule has 9 heteroatoms. The van der Waals surface area contributed by atoms with Crippen molar-refractivity contribution in [3.05, 3.63) is 60.4 Å². The summed E-state index contributed by atoms with van der Waals surface area (Å²) in [6.45, 7) is 4.87. The highest BCUT2D eigenvalue weighted by molar-refractivity contribution is 5.85. The molecule has 0 saturated carbocycles. The SMILES string of the molecule is Cl.OCCn1cc(CN2CCN(c3nccnc3-c3cccc(F)c3)CC2)cn1. The average Bonchev–Trinajstić information content (AvgIpc) is 3.16. The largest absolute Gasteiger partial charge is 0.394 e. The Morgan fingerprint density at radius 1 is 1.07 bits per heavy atom. The van der Waals surface area contributed by atoms with E-state index in [-0.39, 0.29) is 24.8 Å². The predicted molar refractivity (Wildman–Crippen MR) is 111 cm³/mol. The number of halogens is 2. The minimum absolute atomic E-state index is 0. The van der Waals surface area contributed by atoms with Crippen molar-refractivity contribution in [2.24, 2.45) is 0 Å². The van der Waals surface area contributed by atoms with Crippen molar-refractivity contribution in [1.29, 1.82) is 0 Å². The molecule has 2 aromatic heterocycles. The lowest BCUT2D eigenvalue weighted by molar-refractivity contribution is 0.249. The Bertz CT molecular complexity index is 929. The molecule has 0 radical (unpaired) electrons. The number of aliphatic hydroxyl groups excluding tert-OH is 1. The number of piperazine rings is 1. The first-order chi connectivity index (χ1) is 13.7. The van der Waals surface area contributed by atoms with E-state index in [0.29, 0.717) is 12.2 Å². The summed E-state index contributed by atoms with van der Waals surface area (Å²) in [6.07, 6.45) is 7.16. The molecule has 1 saturated heterocycles. The third kappa shape index (κ3) is 5.09. The van der Waals surface area contributed by atoms with Crippen molar-refractivity contribution in [3.63, 3.8) is 0 Å². The monoisotopic (exact) mass is 418 g/mol. The van der Waals surface area contributed by atoms with E-state index in [2.05, 4.69) is 24.9 Å². The summed E-state index contributed by atoms with van der Waals surface area (Å²) in [7, 11) is 0. The topological polar surface area (TPSA) is 70.3 Å². The molecule has 0 unspecified atom stereocenters. The van der Waals surface area contributed by atoms with Gasteiger partial charge in [-0.25, -0.2) is 9.37 Å². The highest BCUT2D eigenvalue weighted by Gasteiger charge is 2.22. The molecule has 1 aromatic carbocycles. The first kappa shape index (κ1) is 21.2. The number of rotatable bonds is 6. The van der Waals surface area contributed by atoms with E-state index in [0.717, 1.165) is 49.7 Å². The highest BCUT2D eigenvalue weighted by atomic mass is 35.5. The zero-order valence-electron chi connectivity index (χ0n) is 16.0. The van der Waals surface area contributed by atoms with Gasteiger partial charge in [0.25, 0.3) is 0 Å². The fourth-order valence-corrected chi connectivity index (χ4v) is 3.49. The van der Waals surface area contributed by atoms with Gasteiger partial charge in [0.2, 0.25) is 0 Å². The lowest BCUT2D eigenvalue weighted by Crippen LogP contribution is -2.46. The van der Waals surface area contributed by atoms with Gasteiger partial charge in [-0.15, -0.1) is 12.4 Å². The Hall–Kier alpha value is -2.55. The van der Waals surface area contributed by atoms with Crippen molar-refractivity contribution in [2.45, 2.75) is 13.1 Å². The Balaban J connectivity index is 0.00000240. The number of aliphatic hydroxyl groups is 1. The summed E-state index contributed by atoms with van der Waals surface area (Å²) in [4.78, 5) is 13.6. The molecule has 0 bridgehead atoms. The molecule has 3 heterocycles. The van der Waals surface area contributed by atoms with Crippen LogP contribution in [0, 0.1) is 5.82 Å². The molecule has 0 atom stereocenters. The van der Waals surface area contributed by atoms with Crippen molar-refractivity contribution < 1.29 is 9.50 Å². The summed E-state index contributed by atoms with van der Waals surface area (Å²) in [5.74, 6) is 0.518. The number of aromatic nitrogens is 4. The van der Waals surface area contributed by atoms with Gasteiger partial charge >= 0.3 is 0 Å². The van der Waals surface area contributed by atoms with Gasteiger partial charge in [-0.2, -0.15) is 5.10 Å². The van der Waals surface area contributed by atoms with Crippen LogP contribution in [0.3, 0.4) is 0 Å². The maximum Gasteiger partial charge on any atom is 0.155 e. The highest BCUT2D eigenvalue weighted by Crippen LogP contribution is 2.27. The standard InChI is InChI=1S/C20H23FN6O.ClH/c21-18-3-1-2-17(12-18)19-20(23-5-4-22-19)26-8-6-25(7-9-26)14-16-13-24-27(15-16)10-11-28;/h1-5,12-13,15,28H,6-11,14H2;1H. The minimum Gasteiger partial charge on any atom is -0.394 e. The lowest BCUT2D eigenvalue weighted by Gasteiger charge is -2.35. The molecule has 7 nitrogen and oxygen atoms in total. The molecular formula is C20H24ClFN6O. The molecule has 3 aromatic rings. The minimum atomic E-state index is -0.277. The molecule has 1 aliphatic heterocycles. The smallest absolute Gasteiger partial charge is 0.155 e. The van der Waals surface area contributed by atoms with Crippen LogP contribution in [0.4, 0.5) is 10.2 Å². The van der Waals surface area contributed by atoms with Gasteiger partial charge in [0.05, 0.1) is 19.3 Å². The van der Waals surface area contributed by atoms with Gasteiger partial charge in [-0.3, -0.25) is 14.6 Å². The Morgan fingerprint density at radius 2 is 1.86 bits per heavy atom. The Labute approximate surface area is 175 Å². The van der Waals surface area contributed by atoms with Gasteiger partial charge in [0, 0.05) is 62.4 Å². The molecule has 0 spiro atoms. The van der Waals surface area contributed by atoms with Crippen LogP contribution >= 0.6 is 12.4 Å². The van der Waals surface area contributed by atoms with E-state index in [1.807, 2.05) is 18.5 Å². The summed E-state index contributed by atoms with van der Waals surface area (Å²) in [5.41, 5.74) is 2.59. The third-order valence-electron chi connectivity index (χ3n) is 4.87. The van der Waals surface area contributed by atoms with E-state index in [1.165, 1.54) is 12.1 Å². The van der Waals surface area contributed by atoms with Crippen LogP contribution in [-0.4, -0.2) is 62.5 Å². The van der Waals surface area contributed by atoms with E-state index in [1.54, 1.807) is 23.1 Å². The second kappa shape index (κ2) is 9.78. The predicted octanol–water partition coefficient (Wildman–Crippen LogP) is 2.22.